The fourth-order valence-electron chi connectivity index (χ4n) is 1.55. The quantitative estimate of drug-likeness (QED) is 0.842. The van der Waals surface area contributed by atoms with E-state index in [9.17, 15) is 9.18 Å². The number of nitrogens with two attached hydrogens (primary N) is 1. The summed E-state index contributed by atoms with van der Waals surface area (Å²) in [5, 5.41) is 0. The molecular formula is C14H20FNO2. The first-order valence-corrected chi connectivity index (χ1v) is 6.03. The van der Waals surface area contributed by atoms with Crippen LogP contribution in [0.25, 0.3) is 0 Å². The summed E-state index contributed by atoms with van der Waals surface area (Å²) in [6.45, 7) is 7.09. The van der Waals surface area contributed by atoms with Gasteiger partial charge in [0.15, 0.2) is 0 Å². The molecule has 0 heterocycles. The van der Waals surface area contributed by atoms with E-state index in [0.29, 0.717) is 12.0 Å². The first-order chi connectivity index (χ1) is 8.26. The molecule has 0 amide bonds. The second kappa shape index (κ2) is 5.48. The lowest BCUT2D eigenvalue weighted by atomic mass is 10.0. The normalized spacial score (nSPS) is 13.2. The van der Waals surface area contributed by atoms with Crippen LogP contribution in [0.1, 0.15) is 56.1 Å². The van der Waals surface area contributed by atoms with Crippen molar-refractivity contribution in [3.05, 3.63) is 35.1 Å². The van der Waals surface area contributed by atoms with Crippen LogP contribution in [0.4, 0.5) is 4.39 Å². The lowest BCUT2D eigenvalue weighted by Gasteiger charge is -2.20. The summed E-state index contributed by atoms with van der Waals surface area (Å²) < 4.78 is 19.3. The van der Waals surface area contributed by atoms with Gasteiger partial charge in [0.1, 0.15) is 11.4 Å². The third-order valence-electron chi connectivity index (χ3n) is 2.49. The lowest BCUT2D eigenvalue weighted by Crippen LogP contribution is -2.25. The van der Waals surface area contributed by atoms with Crippen molar-refractivity contribution in [1.82, 2.24) is 0 Å². The maximum Gasteiger partial charge on any atom is 0.341 e. The zero-order valence-corrected chi connectivity index (χ0v) is 11.3. The zero-order valence-electron chi connectivity index (χ0n) is 11.3. The van der Waals surface area contributed by atoms with Gasteiger partial charge in [-0.25, -0.2) is 9.18 Å². The van der Waals surface area contributed by atoms with Crippen molar-refractivity contribution < 1.29 is 13.9 Å². The van der Waals surface area contributed by atoms with Crippen LogP contribution < -0.4 is 5.73 Å². The van der Waals surface area contributed by atoms with Crippen molar-refractivity contribution in [2.45, 2.75) is 45.8 Å². The highest BCUT2D eigenvalue weighted by Gasteiger charge is 2.23. The van der Waals surface area contributed by atoms with Crippen molar-refractivity contribution in [3.8, 4) is 0 Å². The Kier molecular flexibility index (Phi) is 4.46. The molecule has 3 nitrogen and oxygen atoms in total. The lowest BCUT2D eigenvalue weighted by molar-refractivity contribution is 0.00644. The van der Waals surface area contributed by atoms with Crippen LogP contribution in [0.15, 0.2) is 18.2 Å². The van der Waals surface area contributed by atoms with Gasteiger partial charge in [-0.2, -0.15) is 0 Å². The molecule has 4 heteroatoms. The summed E-state index contributed by atoms with van der Waals surface area (Å²) in [4.78, 5) is 11.8. The molecule has 0 aromatic heterocycles. The van der Waals surface area contributed by atoms with Crippen LogP contribution in [0, 0.1) is 5.82 Å². The topological polar surface area (TPSA) is 52.3 Å². The van der Waals surface area contributed by atoms with Gasteiger partial charge in [-0.3, -0.25) is 0 Å². The summed E-state index contributed by atoms with van der Waals surface area (Å²) in [5.41, 5.74) is 5.44. The predicted molar refractivity (Wildman–Crippen MR) is 68.8 cm³/mol. The van der Waals surface area contributed by atoms with E-state index in [0.717, 1.165) is 0 Å². The first-order valence-electron chi connectivity index (χ1n) is 6.03. The molecule has 18 heavy (non-hydrogen) atoms. The van der Waals surface area contributed by atoms with Gasteiger partial charge in [-0.1, -0.05) is 19.1 Å². The van der Waals surface area contributed by atoms with Gasteiger partial charge in [-0.15, -0.1) is 0 Å². The van der Waals surface area contributed by atoms with Crippen molar-refractivity contribution in [1.29, 1.82) is 0 Å². The monoisotopic (exact) mass is 253 g/mol. The van der Waals surface area contributed by atoms with Crippen LogP contribution in [0.2, 0.25) is 0 Å². The third kappa shape index (κ3) is 3.53. The molecule has 0 spiro atoms. The highest BCUT2D eigenvalue weighted by atomic mass is 19.1. The fourth-order valence-corrected chi connectivity index (χ4v) is 1.55. The Morgan fingerprint density at radius 2 is 2.06 bits per heavy atom. The summed E-state index contributed by atoms with van der Waals surface area (Å²) in [6, 6.07) is 4.22. The summed E-state index contributed by atoms with van der Waals surface area (Å²) in [6.07, 6.45) is 0.606. The number of hydrogen-bond donors (Lipinski definition) is 1. The third-order valence-corrected chi connectivity index (χ3v) is 2.49. The molecule has 0 aliphatic carbocycles. The van der Waals surface area contributed by atoms with Crippen LogP contribution in [0.3, 0.4) is 0 Å². The molecule has 0 radical (unpaired) electrons. The number of rotatable bonds is 3. The Morgan fingerprint density at radius 1 is 1.44 bits per heavy atom. The molecule has 1 aromatic rings. The second-order valence-corrected chi connectivity index (χ2v) is 5.23. The standard InChI is InChI=1S/C14H20FNO2/c1-5-11(16)9-7-6-8-10(12(9)15)13(17)18-14(2,3)4/h6-8,11H,5,16H2,1-4H3. The minimum atomic E-state index is -0.662. The average Bonchev–Trinajstić information content (AvgIpc) is 2.26. The molecule has 0 fully saturated rings. The van der Waals surface area contributed by atoms with Crippen LogP contribution in [-0.2, 0) is 4.74 Å². The molecule has 2 N–H and O–H groups in total. The van der Waals surface area contributed by atoms with Crippen molar-refractivity contribution in [2.75, 3.05) is 0 Å². The Balaban J connectivity index is 3.07. The SMILES string of the molecule is CCC(N)c1cccc(C(=O)OC(C)(C)C)c1F. The largest absolute Gasteiger partial charge is 0.456 e. The van der Waals surface area contributed by atoms with E-state index in [4.69, 9.17) is 10.5 Å². The van der Waals surface area contributed by atoms with E-state index in [2.05, 4.69) is 0 Å². The van der Waals surface area contributed by atoms with Gasteiger partial charge < -0.3 is 10.5 Å². The Hall–Kier alpha value is -1.42. The predicted octanol–water partition coefficient (Wildman–Crippen LogP) is 3.19. The second-order valence-electron chi connectivity index (χ2n) is 5.23. The van der Waals surface area contributed by atoms with Crippen LogP contribution in [0.5, 0.6) is 0 Å². The number of hydrogen-bond acceptors (Lipinski definition) is 3. The highest BCUT2D eigenvalue weighted by molar-refractivity contribution is 5.90. The first kappa shape index (κ1) is 14.6. The van der Waals surface area contributed by atoms with Gasteiger partial charge in [0.05, 0.1) is 5.56 Å². The highest BCUT2D eigenvalue weighted by Crippen LogP contribution is 2.22. The molecule has 1 unspecified atom stereocenters. The van der Waals surface area contributed by atoms with Crippen LogP contribution in [-0.4, -0.2) is 11.6 Å². The molecule has 0 saturated carbocycles. The minimum absolute atomic E-state index is 0.0636. The number of benzene rings is 1. The zero-order chi connectivity index (χ0) is 13.9. The van der Waals surface area contributed by atoms with E-state index in [1.165, 1.54) is 6.07 Å². The molecule has 0 saturated heterocycles. The average molecular weight is 253 g/mol. The number of halogens is 1. The minimum Gasteiger partial charge on any atom is -0.456 e. The van der Waals surface area contributed by atoms with Crippen LogP contribution >= 0.6 is 0 Å². The van der Waals surface area contributed by atoms with Gasteiger partial charge in [0.25, 0.3) is 0 Å². The number of ether oxygens (including phenoxy) is 1. The Morgan fingerprint density at radius 3 is 2.56 bits per heavy atom. The maximum atomic E-state index is 14.2. The van der Waals surface area contributed by atoms with E-state index >= 15 is 0 Å². The van der Waals surface area contributed by atoms with E-state index < -0.39 is 23.4 Å². The molecular weight excluding hydrogens is 233 g/mol. The molecule has 0 aliphatic heterocycles. The van der Waals surface area contributed by atoms with E-state index in [-0.39, 0.29) is 5.56 Å². The van der Waals surface area contributed by atoms with Gasteiger partial charge in [0, 0.05) is 11.6 Å². The van der Waals surface area contributed by atoms with Crippen molar-refractivity contribution in [3.63, 3.8) is 0 Å². The Bertz CT molecular complexity index is 438. The molecule has 1 rings (SSSR count). The van der Waals surface area contributed by atoms with Gasteiger partial charge in [-0.05, 0) is 33.3 Å². The van der Waals surface area contributed by atoms with E-state index in [1.54, 1.807) is 32.9 Å². The number of esters is 1. The van der Waals surface area contributed by atoms with E-state index in [1.807, 2.05) is 6.92 Å². The fraction of sp³-hybridized carbons (Fsp3) is 0.500. The van der Waals surface area contributed by atoms with Crippen molar-refractivity contribution >= 4 is 5.97 Å². The summed E-state index contributed by atoms with van der Waals surface area (Å²) in [7, 11) is 0. The number of carbonyl (C=O) groups is 1. The maximum absolute atomic E-state index is 14.2. The summed E-state index contributed by atoms with van der Waals surface area (Å²) >= 11 is 0. The molecule has 100 valence electrons. The summed E-state index contributed by atoms with van der Waals surface area (Å²) in [5.74, 6) is -1.24. The smallest absolute Gasteiger partial charge is 0.341 e. The molecule has 1 atom stereocenters. The molecule has 0 aliphatic rings. The van der Waals surface area contributed by atoms with Gasteiger partial charge in [0.2, 0.25) is 0 Å². The number of carbonyl (C=O) groups excluding carboxylic acids is 1. The van der Waals surface area contributed by atoms with Gasteiger partial charge >= 0.3 is 5.97 Å². The van der Waals surface area contributed by atoms with Crippen molar-refractivity contribution in [2.24, 2.45) is 5.73 Å². The Labute approximate surface area is 107 Å². The molecule has 0 bridgehead atoms. The molecule has 1 aromatic carbocycles.